The van der Waals surface area contributed by atoms with Crippen LogP contribution in [0.5, 0.6) is 0 Å². The highest BCUT2D eigenvalue weighted by Crippen LogP contribution is 2.04. The second kappa shape index (κ2) is 7.60. The van der Waals surface area contributed by atoms with Gasteiger partial charge in [0.15, 0.2) is 0 Å². The topological polar surface area (TPSA) is 3.24 Å². The average Bonchev–Trinajstić information content (AvgIpc) is 2.03. The Labute approximate surface area is 78.1 Å². The Hall–Kier alpha value is -0.0400. The molecule has 0 unspecified atom stereocenters. The van der Waals surface area contributed by atoms with Crippen molar-refractivity contribution in [1.29, 1.82) is 0 Å². The first kappa shape index (κ1) is 12.0. The van der Waals surface area contributed by atoms with Crippen molar-refractivity contribution < 1.29 is 0 Å². The minimum Gasteiger partial charge on any atom is -0.304 e. The second-order valence-corrected chi connectivity index (χ2v) is 3.99. The van der Waals surface area contributed by atoms with E-state index < -0.39 is 0 Å². The third kappa shape index (κ3) is 6.66. The maximum Gasteiger partial charge on any atom is 0.00355 e. The van der Waals surface area contributed by atoms with Crippen molar-refractivity contribution in [3.05, 3.63) is 0 Å². The van der Waals surface area contributed by atoms with Crippen LogP contribution in [-0.4, -0.2) is 24.5 Å². The van der Waals surface area contributed by atoms with Gasteiger partial charge in [-0.3, -0.25) is 0 Å². The minimum absolute atomic E-state index is 0.705. The molecule has 0 heterocycles. The predicted octanol–water partition coefficient (Wildman–Crippen LogP) is 3.30. The molecule has 0 fully saturated rings. The van der Waals surface area contributed by atoms with Gasteiger partial charge in [-0.25, -0.2) is 0 Å². The van der Waals surface area contributed by atoms with Gasteiger partial charge in [-0.1, -0.05) is 32.6 Å². The molecule has 0 aliphatic heterocycles. The normalized spacial score (nSPS) is 11.5. The minimum atomic E-state index is 0.705. The summed E-state index contributed by atoms with van der Waals surface area (Å²) >= 11 is 0. The molecule has 0 saturated carbocycles. The van der Waals surface area contributed by atoms with Gasteiger partial charge in [-0.05, 0) is 33.9 Å². The molecule has 1 nitrogen and oxygen atoms in total. The van der Waals surface area contributed by atoms with E-state index in [4.69, 9.17) is 0 Å². The van der Waals surface area contributed by atoms with E-state index in [1.54, 1.807) is 0 Å². The Kier molecular flexibility index (Phi) is 7.58. The summed E-state index contributed by atoms with van der Waals surface area (Å²) < 4.78 is 0. The van der Waals surface area contributed by atoms with Crippen LogP contribution < -0.4 is 0 Å². The lowest BCUT2D eigenvalue weighted by molar-refractivity contribution is 0.267. The van der Waals surface area contributed by atoms with Crippen LogP contribution in [0.3, 0.4) is 0 Å². The first-order valence-corrected chi connectivity index (χ1v) is 5.38. The van der Waals surface area contributed by atoms with Gasteiger partial charge in [-0.2, -0.15) is 0 Å². The van der Waals surface area contributed by atoms with E-state index in [1.807, 2.05) is 0 Å². The molecule has 12 heavy (non-hydrogen) atoms. The number of nitrogens with zero attached hydrogens (tertiary/aromatic N) is 1. The standard InChI is InChI=1S/C11H25N/c1-5-6-7-8-9-10-12(4)11(2)3/h11H,5-10H2,1-4H3. The molecule has 1 heteroatoms. The zero-order chi connectivity index (χ0) is 9.40. The van der Waals surface area contributed by atoms with Crippen molar-refractivity contribution in [3.8, 4) is 0 Å². The molecular weight excluding hydrogens is 146 g/mol. The van der Waals surface area contributed by atoms with E-state index in [1.165, 1.54) is 38.6 Å². The fourth-order valence-electron chi connectivity index (χ4n) is 1.22. The van der Waals surface area contributed by atoms with Gasteiger partial charge in [0, 0.05) is 6.04 Å². The Bertz CT molecular complexity index is 89.0. The zero-order valence-electron chi connectivity index (χ0n) is 9.27. The fraction of sp³-hybridized carbons (Fsp3) is 1.00. The molecule has 0 atom stereocenters. The molecule has 0 aliphatic rings. The van der Waals surface area contributed by atoms with Crippen LogP contribution in [0.1, 0.15) is 52.9 Å². The van der Waals surface area contributed by atoms with Crippen LogP contribution in [0, 0.1) is 0 Å². The lowest BCUT2D eigenvalue weighted by Gasteiger charge is -2.20. The van der Waals surface area contributed by atoms with Gasteiger partial charge < -0.3 is 4.90 Å². The summed E-state index contributed by atoms with van der Waals surface area (Å²) in [7, 11) is 2.21. The van der Waals surface area contributed by atoms with Crippen LogP contribution in [0.25, 0.3) is 0 Å². The van der Waals surface area contributed by atoms with Gasteiger partial charge in [0.1, 0.15) is 0 Å². The molecule has 0 saturated heterocycles. The summed E-state index contributed by atoms with van der Waals surface area (Å²) in [4.78, 5) is 2.42. The van der Waals surface area contributed by atoms with Crippen molar-refractivity contribution >= 4 is 0 Å². The predicted molar refractivity (Wildman–Crippen MR) is 56.5 cm³/mol. The molecule has 0 aromatic rings. The summed E-state index contributed by atoms with van der Waals surface area (Å²) in [6.07, 6.45) is 6.95. The van der Waals surface area contributed by atoms with E-state index in [-0.39, 0.29) is 0 Å². The molecule has 0 amide bonds. The molecule has 0 rings (SSSR count). The van der Waals surface area contributed by atoms with Crippen molar-refractivity contribution in [2.24, 2.45) is 0 Å². The second-order valence-electron chi connectivity index (χ2n) is 3.99. The lowest BCUT2D eigenvalue weighted by Crippen LogP contribution is -2.27. The third-order valence-electron chi connectivity index (χ3n) is 2.50. The quantitative estimate of drug-likeness (QED) is 0.531. The van der Waals surface area contributed by atoms with E-state index in [0.29, 0.717) is 6.04 Å². The molecule has 74 valence electrons. The maximum absolute atomic E-state index is 2.42. The highest BCUT2D eigenvalue weighted by atomic mass is 15.1. The zero-order valence-corrected chi connectivity index (χ0v) is 9.27. The molecule has 0 aromatic carbocycles. The van der Waals surface area contributed by atoms with Crippen LogP contribution in [0.4, 0.5) is 0 Å². The highest BCUT2D eigenvalue weighted by Gasteiger charge is 2.00. The fourth-order valence-corrected chi connectivity index (χ4v) is 1.22. The van der Waals surface area contributed by atoms with E-state index in [0.717, 1.165) is 0 Å². The van der Waals surface area contributed by atoms with E-state index in [9.17, 15) is 0 Å². The lowest BCUT2D eigenvalue weighted by atomic mass is 10.1. The Morgan fingerprint density at radius 3 is 2.08 bits per heavy atom. The monoisotopic (exact) mass is 171 g/mol. The van der Waals surface area contributed by atoms with Gasteiger partial charge in [0.25, 0.3) is 0 Å². The first-order chi connectivity index (χ1) is 5.68. The van der Waals surface area contributed by atoms with Gasteiger partial charge in [-0.15, -0.1) is 0 Å². The van der Waals surface area contributed by atoms with Gasteiger partial charge in [0.05, 0.1) is 0 Å². The van der Waals surface area contributed by atoms with Crippen LogP contribution in [-0.2, 0) is 0 Å². The number of hydrogen-bond acceptors (Lipinski definition) is 1. The van der Waals surface area contributed by atoms with Crippen molar-refractivity contribution in [2.45, 2.75) is 58.9 Å². The average molecular weight is 171 g/mol. The molecular formula is C11H25N. The highest BCUT2D eigenvalue weighted by molar-refractivity contribution is 4.56. The molecule has 0 spiro atoms. The van der Waals surface area contributed by atoms with E-state index >= 15 is 0 Å². The Morgan fingerprint density at radius 1 is 1.00 bits per heavy atom. The Morgan fingerprint density at radius 2 is 1.58 bits per heavy atom. The number of hydrogen-bond donors (Lipinski definition) is 0. The molecule has 0 aromatic heterocycles. The van der Waals surface area contributed by atoms with Crippen molar-refractivity contribution in [1.82, 2.24) is 4.90 Å². The molecule has 0 N–H and O–H groups in total. The van der Waals surface area contributed by atoms with Crippen LogP contribution in [0.15, 0.2) is 0 Å². The van der Waals surface area contributed by atoms with Gasteiger partial charge in [0.2, 0.25) is 0 Å². The summed E-state index contributed by atoms with van der Waals surface area (Å²) in [5.74, 6) is 0. The number of rotatable bonds is 7. The van der Waals surface area contributed by atoms with Crippen LogP contribution >= 0.6 is 0 Å². The largest absolute Gasteiger partial charge is 0.304 e. The third-order valence-corrected chi connectivity index (χ3v) is 2.50. The summed E-state index contributed by atoms with van der Waals surface area (Å²) in [5.41, 5.74) is 0. The molecule has 0 bridgehead atoms. The maximum atomic E-state index is 2.42. The SMILES string of the molecule is CCCCCCCN(C)C(C)C. The van der Waals surface area contributed by atoms with Crippen molar-refractivity contribution in [2.75, 3.05) is 13.6 Å². The number of unbranched alkanes of at least 4 members (excludes halogenated alkanes) is 4. The molecule has 0 aliphatic carbocycles. The summed E-state index contributed by atoms with van der Waals surface area (Å²) in [6.45, 7) is 8.04. The first-order valence-electron chi connectivity index (χ1n) is 5.38. The molecule has 0 radical (unpaired) electrons. The summed E-state index contributed by atoms with van der Waals surface area (Å²) in [6, 6.07) is 0.705. The van der Waals surface area contributed by atoms with Crippen molar-refractivity contribution in [3.63, 3.8) is 0 Å². The van der Waals surface area contributed by atoms with E-state index in [2.05, 4.69) is 32.7 Å². The smallest absolute Gasteiger partial charge is 0.00355 e. The summed E-state index contributed by atoms with van der Waals surface area (Å²) in [5, 5.41) is 0. The van der Waals surface area contributed by atoms with Crippen LogP contribution in [0.2, 0.25) is 0 Å². The van der Waals surface area contributed by atoms with Gasteiger partial charge >= 0.3 is 0 Å². The Balaban J connectivity index is 3.08.